The maximum atomic E-state index is 14.5. The van der Waals surface area contributed by atoms with Crippen LogP contribution >= 0.6 is 23.4 Å². The van der Waals surface area contributed by atoms with Gasteiger partial charge in [-0.25, -0.2) is 19.3 Å². The topological polar surface area (TPSA) is 84.4 Å². The number of hydrogen-bond donors (Lipinski definition) is 1. The number of nitrogens with zero attached hydrogens (tertiary/aromatic N) is 3. The zero-order chi connectivity index (χ0) is 23.7. The van der Waals surface area contributed by atoms with Gasteiger partial charge in [0.15, 0.2) is 5.16 Å². The van der Waals surface area contributed by atoms with Crippen molar-refractivity contribution in [1.82, 2.24) is 9.97 Å². The summed E-state index contributed by atoms with van der Waals surface area (Å²) in [5.41, 5.74) is 1.70. The number of benzene rings is 2. The minimum atomic E-state index is -0.705. The summed E-state index contributed by atoms with van der Waals surface area (Å²) in [6.45, 7) is 3.61. The molecule has 0 fully saturated rings. The van der Waals surface area contributed by atoms with Crippen molar-refractivity contribution >= 4 is 46.6 Å². The van der Waals surface area contributed by atoms with Gasteiger partial charge in [0.2, 0.25) is 0 Å². The summed E-state index contributed by atoms with van der Waals surface area (Å²) in [6, 6.07) is 12.2. The second-order valence-electron chi connectivity index (χ2n) is 7.11. The number of methoxy groups -OCH3 is 1. The van der Waals surface area contributed by atoms with Gasteiger partial charge in [-0.2, -0.15) is 0 Å². The highest BCUT2D eigenvalue weighted by Gasteiger charge is 2.41. The minimum Gasteiger partial charge on any atom is -0.495 e. The first-order valence-corrected chi connectivity index (χ1v) is 11.0. The molecule has 0 bridgehead atoms. The summed E-state index contributed by atoms with van der Waals surface area (Å²) in [6.07, 6.45) is 0. The van der Waals surface area contributed by atoms with Crippen LogP contribution in [-0.4, -0.2) is 28.9 Å². The van der Waals surface area contributed by atoms with Crippen LogP contribution in [0.1, 0.15) is 11.4 Å². The molecule has 0 saturated carbocycles. The summed E-state index contributed by atoms with van der Waals surface area (Å²) < 4.78 is 19.6. The fourth-order valence-corrected chi connectivity index (χ4v) is 4.52. The zero-order valence-electron chi connectivity index (χ0n) is 17.8. The van der Waals surface area contributed by atoms with Gasteiger partial charge in [-0.1, -0.05) is 23.7 Å². The molecule has 0 atom stereocenters. The number of anilines is 2. The molecule has 168 valence electrons. The smallest absolute Gasteiger partial charge is 0.283 e. The fraction of sp³-hybridized carbons (Fsp3) is 0.130. The van der Waals surface area contributed by atoms with Crippen LogP contribution in [-0.2, 0) is 9.59 Å². The minimum absolute atomic E-state index is 0.0303. The highest BCUT2D eigenvalue weighted by molar-refractivity contribution is 8.04. The molecule has 1 aliphatic rings. The van der Waals surface area contributed by atoms with Gasteiger partial charge in [-0.15, -0.1) is 0 Å². The Labute approximate surface area is 198 Å². The van der Waals surface area contributed by atoms with Gasteiger partial charge in [-0.3, -0.25) is 9.59 Å². The van der Waals surface area contributed by atoms with Gasteiger partial charge in [0, 0.05) is 17.1 Å². The monoisotopic (exact) mass is 484 g/mol. The third-order valence-corrected chi connectivity index (χ3v) is 5.95. The van der Waals surface area contributed by atoms with E-state index in [0.717, 1.165) is 16.7 Å². The second-order valence-corrected chi connectivity index (χ2v) is 8.50. The SMILES string of the molecule is COc1ccc(NC2=C(Sc3nc(C)cc(C)n3)C(=O)N(c3ccccc3F)C2=O)cc1Cl. The van der Waals surface area contributed by atoms with Crippen LogP contribution in [0, 0.1) is 19.7 Å². The van der Waals surface area contributed by atoms with E-state index in [0.29, 0.717) is 33.0 Å². The Balaban J connectivity index is 1.78. The van der Waals surface area contributed by atoms with Gasteiger partial charge in [0.25, 0.3) is 11.8 Å². The Morgan fingerprint density at radius 2 is 1.73 bits per heavy atom. The number of carbonyl (C=O) groups excluding carboxylic acids is 2. The first kappa shape index (κ1) is 22.8. The Morgan fingerprint density at radius 1 is 1.03 bits per heavy atom. The van der Waals surface area contributed by atoms with E-state index >= 15 is 0 Å². The molecular weight excluding hydrogens is 467 g/mol. The van der Waals surface area contributed by atoms with E-state index in [4.69, 9.17) is 16.3 Å². The van der Waals surface area contributed by atoms with Gasteiger partial charge < -0.3 is 10.1 Å². The lowest BCUT2D eigenvalue weighted by Gasteiger charge is -2.16. The van der Waals surface area contributed by atoms with Crippen LogP contribution in [0.5, 0.6) is 5.75 Å². The third kappa shape index (κ3) is 4.55. The summed E-state index contributed by atoms with van der Waals surface area (Å²) in [5, 5.41) is 3.58. The second kappa shape index (κ2) is 9.21. The van der Waals surface area contributed by atoms with Crippen molar-refractivity contribution in [2.45, 2.75) is 19.0 Å². The van der Waals surface area contributed by atoms with Gasteiger partial charge in [0.1, 0.15) is 22.2 Å². The number of ether oxygens (including phenoxy) is 1. The molecule has 0 unspecified atom stereocenters. The van der Waals surface area contributed by atoms with Crippen molar-refractivity contribution < 1.29 is 18.7 Å². The van der Waals surface area contributed by atoms with E-state index in [1.165, 1.54) is 25.3 Å². The number of hydrogen-bond acceptors (Lipinski definition) is 7. The molecule has 0 aliphatic carbocycles. The number of amides is 2. The molecule has 1 aliphatic heterocycles. The zero-order valence-corrected chi connectivity index (χ0v) is 19.4. The van der Waals surface area contributed by atoms with Crippen LogP contribution < -0.4 is 15.0 Å². The van der Waals surface area contributed by atoms with E-state index in [1.54, 1.807) is 44.2 Å². The molecular formula is C23H18ClFN4O3S. The molecule has 2 amide bonds. The quantitative estimate of drug-likeness (QED) is 0.394. The van der Waals surface area contributed by atoms with Crippen molar-refractivity contribution in [3.8, 4) is 5.75 Å². The molecule has 2 aromatic carbocycles. The van der Waals surface area contributed by atoms with Crippen LogP contribution in [0.4, 0.5) is 15.8 Å². The number of aryl methyl sites for hydroxylation is 2. The van der Waals surface area contributed by atoms with E-state index in [9.17, 15) is 14.0 Å². The number of aromatic nitrogens is 2. The molecule has 10 heteroatoms. The van der Waals surface area contributed by atoms with Crippen molar-refractivity contribution in [3.05, 3.63) is 81.4 Å². The summed E-state index contributed by atoms with van der Waals surface area (Å²) in [7, 11) is 1.49. The van der Waals surface area contributed by atoms with Crippen molar-refractivity contribution in [3.63, 3.8) is 0 Å². The van der Waals surface area contributed by atoms with E-state index in [1.807, 2.05) is 0 Å². The number of carbonyl (C=O) groups is 2. The van der Waals surface area contributed by atoms with Crippen molar-refractivity contribution in [2.24, 2.45) is 0 Å². The highest BCUT2D eigenvalue weighted by Crippen LogP contribution is 2.38. The number of nitrogens with one attached hydrogen (secondary N) is 1. The van der Waals surface area contributed by atoms with Crippen LogP contribution in [0.3, 0.4) is 0 Å². The molecule has 2 heterocycles. The summed E-state index contributed by atoms with van der Waals surface area (Å²) >= 11 is 7.15. The Hall–Kier alpha value is -3.43. The Morgan fingerprint density at radius 3 is 2.36 bits per heavy atom. The van der Waals surface area contributed by atoms with Crippen molar-refractivity contribution in [1.29, 1.82) is 0 Å². The Kier molecular flexibility index (Phi) is 6.35. The normalized spacial score (nSPS) is 13.7. The van der Waals surface area contributed by atoms with E-state index < -0.39 is 17.6 Å². The fourth-order valence-electron chi connectivity index (χ4n) is 3.29. The molecule has 7 nitrogen and oxygen atoms in total. The van der Waals surface area contributed by atoms with E-state index in [-0.39, 0.29) is 16.3 Å². The number of halogens is 2. The molecule has 3 aromatic rings. The third-order valence-electron chi connectivity index (χ3n) is 4.71. The lowest BCUT2D eigenvalue weighted by Crippen LogP contribution is -2.33. The molecule has 0 spiro atoms. The lowest BCUT2D eigenvalue weighted by molar-refractivity contribution is -0.120. The predicted molar refractivity (Wildman–Crippen MR) is 125 cm³/mol. The first-order valence-electron chi connectivity index (χ1n) is 9.76. The largest absolute Gasteiger partial charge is 0.495 e. The summed E-state index contributed by atoms with van der Waals surface area (Å²) in [4.78, 5) is 36.2. The molecule has 0 saturated heterocycles. The Bertz CT molecular complexity index is 1290. The average Bonchev–Trinajstić information content (AvgIpc) is 2.98. The number of imide groups is 1. The number of thioether (sulfide) groups is 1. The highest BCUT2D eigenvalue weighted by atomic mass is 35.5. The van der Waals surface area contributed by atoms with Crippen LogP contribution in [0.2, 0.25) is 5.02 Å². The first-order chi connectivity index (χ1) is 15.8. The maximum Gasteiger partial charge on any atom is 0.283 e. The van der Waals surface area contributed by atoms with E-state index in [2.05, 4.69) is 15.3 Å². The standard InChI is InChI=1S/C23H18ClFN4O3S/c1-12-10-13(2)27-23(26-12)33-20-19(28-14-8-9-18(32-3)15(24)11-14)21(30)29(22(20)31)17-7-5-4-6-16(17)25/h4-11,28H,1-3H3. The van der Waals surface area contributed by atoms with Crippen LogP contribution in [0.15, 0.2) is 64.3 Å². The average molecular weight is 485 g/mol. The van der Waals surface area contributed by atoms with Crippen LogP contribution in [0.25, 0.3) is 0 Å². The predicted octanol–water partition coefficient (Wildman–Crippen LogP) is 4.88. The lowest BCUT2D eigenvalue weighted by atomic mass is 10.2. The van der Waals surface area contributed by atoms with Gasteiger partial charge >= 0.3 is 0 Å². The van der Waals surface area contributed by atoms with Crippen molar-refractivity contribution in [2.75, 3.05) is 17.3 Å². The number of rotatable bonds is 6. The molecule has 4 rings (SSSR count). The maximum absolute atomic E-state index is 14.5. The molecule has 1 N–H and O–H groups in total. The number of para-hydroxylation sites is 1. The molecule has 33 heavy (non-hydrogen) atoms. The molecule has 1 aromatic heterocycles. The summed E-state index contributed by atoms with van der Waals surface area (Å²) in [5.74, 6) is -1.62. The molecule has 0 radical (unpaired) electrons. The van der Waals surface area contributed by atoms with Gasteiger partial charge in [0.05, 0.1) is 17.8 Å². The van der Waals surface area contributed by atoms with Gasteiger partial charge in [-0.05, 0) is 62.0 Å².